The number of carbonyl (C=O) groups is 2. The van der Waals surface area contributed by atoms with Crippen molar-refractivity contribution < 1.29 is 9.59 Å². The van der Waals surface area contributed by atoms with E-state index in [4.69, 9.17) is 0 Å². The Morgan fingerprint density at radius 1 is 1.30 bits per heavy atom. The van der Waals surface area contributed by atoms with Crippen LogP contribution in [0.2, 0.25) is 0 Å². The van der Waals surface area contributed by atoms with E-state index in [0.29, 0.717) is 13.0 Å². The number of nitrogens with one attached hydrogen (secondary N) is 1. The molecule has 0 aromatic carbocycles. The second kappa shape index (κ2) is 7.21. The molecule has 20 heavy (non-hydrogen) atoms. The Bertz CT molecular complexity index is 356. The van der Waals surface area contributed by atoms with Gasteiger partial charge in [0, 0.05) is 6.54 Å². The number of hydrogen-bond donors (Lipinski definition) is 1. The van der Waals surface area contributed by atoms with Crippen LogP contribution in [-0.4, -0.2) is 35.8 Å². The maximum atomic E-state index is 12.1. The fourth-order valence-corrected chi connectivity index (χ4v) is 3.58. The molecule has 2 fully saturated rings. The lowest BCUT2D eigenvalue weighted by atomic mass is 9.81. The van der Waals surface area contributed by atoms with Gasteiger partial charge in [0.1, 0.15) is 0 Å². The summed E-state index contributed by atoms with van der Waals surface area (Å²) in [6, 6.07) is -0.268. The Morgan fingerprint density at radius 2 is 2.10 bits per heavy atom. The largest absolute Gasteiger partial charge is 0.305 e. The molecule has 3 atom stereocenters. The van der Waals surface area contributed by atoms with Crippen LogP contribution in [0.25, 0.3) is 0 Å². The third-order valence-electron chi connectivity index (χ3n) is 4.68. The molecule has 4 nitrogen and oxygen atoms in total. The van der Waals surface area contributed by atoms with E-state index in [9.17, 15) is 9.59 Å². The fraction of sp³-hybridized carbons (Fsp3) is 0.875. The molecule has 0 spiro atoms. The molecular weight excluding hydrogens is 252 g/mol. The first-order valence-electron chi connectivity index (χ1n) is 8.19. The summed E-state index contributed by atoms with van der Waals surface area (Å²) in [5.41, 5.74) is 0. The molecule has 1 heterocycles. The quantitative estimate of drug-likeness (QED) is 0.760. The smallest absolute Gasteiger partial charge is 0.246 e. The maximum absolute atomic E-state index is 12.1. The van der Waals surface area contributed by atoms with Crippen molar-refractivity contribution in [3.05, 3.63) is 0 Å². The van der Waals surface area contributed by atoms with E-state index in [-0.39, 0.29) is 17.9 Å². The number of amides is 2. The molecule has 4 heteroatoms. The monoisotopic (exact) mass is 280 g/mol. The van der Waals surface area contributed by atoms with E-state index in [1.165, 1.54) is 30.6 Å². The number of rotatable bonds is 6. The van der Waals surface area contributed by atoms with Gasteiger partial charge in [-0.05, 0) is 37.6 Å². The van der Waals surface area contributed by atoms with Gasteiger partial charge in [-0.3, -0.25) is 14.5 Å². The Kier molecular flexibility index (Phi) is 5.58. The van der Waals surface area contributed by atoms with E-state index >= 15 is 0 Å². The van der Waals surface area contributed by atoms with Crippen LogP contribution >= 0.6 is 0 Å². The normalized spacial score (nSPS) is 31.1. The Balaban J connectivity index is 1.72. The second-order valence-corrected chi connectivity index (χ2v) is 6.52. The van der Waals surface area contributed by atoms with Gasteiger partial charge in [-0.25, -0.2) is 0 Å². The lowest BCUT2D eigenvalue weighted by Gasteiger charge is -2.27. The van der Waals surface area contributed by atoms with E-state index in [1.807, 2.05) is 6.92 Å². The first-order valence-corrected chi connectivity index (χ1v) is 8.19. The molecule has 2 aliphatic rings. The minimum Gasteiger partial charge on any atom is -0.305 e. The van der Waals surface area contributed by atoms with Gasteiger partial charge in [-0.15, -0.1) is 0 Å². The van der Waals surface area contributed by atoms with Crippen LogP contribution in [0, 0.1) is 11.8 Å². The van der Waals surface area contributed by atoms with E-state index in [1.54, 1.807) is 0 Å². The molecule has 1 saturated carbocycles. The highest BCUT2D eigenvalue weighted by atomic mass is 16.2. The van der Waals surface area contributed by atoms with Crippen LogP contribution in [0.5, 0.6) is 0 Å². The molecule has 2 rings (SSSR count). The zero-order valence-corrected chi connectivity index (χ0v) is 12.9. The SMILES string of the molecule is CCCN1C(=O)CC(NCCC2CCCC(C)C2)C1=O. The van der Waals surface area contributed by atoms with Gasteiger partial charge in [0.15, 0.2) is 0 Å². The summed E-state index contributed by atoms with van der Waals surface area (Å²) in [6.07, 6.45) is 7.68. The molecule has 0 radical (unpaired) electrons. The van der Waals surface area contributed by atoms with Crippen molar-refractivity contribution in [3.63, 3.8) is 0 Å². The van der Waals surface area contributed by atoms with Crippen molar-refractivity contribution in [1.82, 2.24) is 10.2 Å². The average molecular weight is 280 g/mol. The number of imide groups is 1. The third kappa shape index (κ3) is 3.81. The highest BCUT2D eigenvalue weighted by molar-refractivity contribution is 6.05. The lowest BCUT2D eigenvalue weighted by molar-refractivity contribution is -0.138. The molecule has 2 amide bonds. The lowest BCUT2D eigenvalue weighted by Crippen LogP contribution is -2.39. The summed E-state index contributed by atoms with van der Waals surface area (Å²) in [6.45, 7) is 5.75. The Hall–Kier alpha value is -0.900. The van der Waals surface area contributed by atoms with Gasteiger partial charge in [-0.1, -0.05) is 33.1 Å². The molecule has 1 aliphatic heterocycles. The molecule has 1 N–H and O–H groups in total. The summed E-state index contributed by atoms with van der Waals surface area (Å²) < 4.78 is 0. The van der Waals surface area contributed by atoms with E-state index in [2.05, 4.69) is 12.2 Å². The van der Waals surface area contributed by atoms with Crippen molar-refractivity contribution in [3.8, 4) is 0 Å². The third-order valence-corrected chi connectivity index (χ3v) is 4.68. The Morgan fingerprint density at radius 3 is 2.80 bits per heavy atom. The van der Waals surface area contributed by atoms with E-state index in [0.717, 1.165) is 31.2 Å². The standard InChI is InChI=1S/C16H28N2O2/c1-3-9-18-15(19)11-14(16(18)20)17-8-7-13-6-4-5-12(2)10-13/h12-14,17H,3-11H2,1-2H3. The summed E-state index contributed by atoms with van der Waals surface area (Å²) >= 11 is 0. The zero-order chi connectivity index (χ0) is 14.5. The molecular formula is C16H28N2O2. The second-order valence-electron chi connectivity index (χ2n) is 6.52. The van der Waals surface area contributed by atoms with Crippen LogP contribution in [0.15, 0.2) is 0 Å². The predicted molar refractivity (Wildman–Crippen MR) is 79.2 cm³/mol. The minimum atomic E-state index is -0.268. The summed E-state index contributed by atoms with van der Waals surface area (Å²) in [4.78, 5) is 25.3. The van der Waals surface area contributed by atoms with Crippen LogP contribution in [0.3, 0.4) is 0 Å². The molecule has 0 aromatic rings. The average Bonchev–Trinajstić information content (AvgIpc) is 2.67. The van der Waals surface area contributed by atoms with Crippen molar-refractivity contribution in [2.45, 2.75) is 64.8 Å². The maximum Gasteiger partial charge on any atom is 0.246 e. The van der Waals surface area contributed by atoms with Crippen molar-refractivity contribution in [1.29, 1.82) is 0 Å². The van der Waals surface area contributed by atoms with Gasteiger partial charge >= 0.3 is 0 Å². The zero-order valence-electron chi connectivity index (χ0n) is 12.9. The van der Waals surface area contributed by atoms with Crippen molar-refractivity contribution >= 4 is 11.8 Å². The Labute approximate surface area is 122 Å². The van der Waals surface area contributed by atoms with Gasteiger partial charge < -0.3 is 5.32 Å². The van der Waals surface area contributed by atoms with Crippen molar-refractivity contribution in [2.75, 3.05) is 13.1 Å². The van der Waals surface area contributed by atoms with Gasteiger partial charge in [0.05, 0.1) is 12.5 Å². The number of nitrogens with zero attached hydrogens (tertiary/aromatic N) is 1. The first-order chi connectivity index (χ1) is 9.61. The molecule has 3 unspecified atom stereocenters. The number of likely N-dealkylation sites (tertiary alicyclic amines) is 1. The number of carbonyl (C=O) groups excluding carboxylic acids is 2. The minimum absolute atomic E-state index is 0.0133. The summed E-state index contributed by atoms with van der Waals surface area (Å²) in [7, 11) is 0. The van der Waals surface area contributed by atoms with Gasteiger partial charge in [0.25, 0.3) is 0 Å². The van der Waals surface area contributed by atoms with Crippen molar-refractivity contribution in [2.24, 2.45) is 11.8 Å². The topological polar surface area (TPSA) is 49.4 Å². The van der Waals surface area contributed by atoms with Crippen LogP contribution < -0.4 is 5.32 Å². The van der Waals surface area contributed by atoms with Crippen LogP contribution in [-0.2, 0) is 9.59 Å². The van der Waals surface area contributed by atoms with Crippen LogP contribution in [0.4, 0.5) is 0 Å². The first kappa shape index (κ1) is 15.5. The molecule has 114 valence electrons. The highest BCUT2D eigenvalue weighted by Crippen LogP contribution is 2.30. The molecule has 1 saturated heterocycles. The predicted octanol–water partition coefficient (Wildman–Crippen LogP) is 2.33. The summed E-state index contributed by atoms with van der Waals surface area (Å²) in [5.74, 6) is 1.61. The highest BCUT2D eigenvalue weighted by Gasteiger charge is 2.37. The fourth-order valence-electron chi connectivity index (χ4n) is 3.58. The van der Waals surface area contributed by atoms with E-state index < -0.39 is 0 Å². The number of hydrogen-bond acceptors (Lipinski definition) is 3. The van der Waals surface area contributed by atoms with Gasteiger partial charge in [-0.2, -0.15) is 0 Å². The summed E-state index contributed by atoms with van der Waals surface area (Å²) in [5, 5.41) is 3.30. The molecule has 1 aliphatic carbocycles. The van der Waals surface area contributed by atoms with Gasteiger partial charge in [0.2, 0.25) is 11.8 Å². The molecule has 0 bridgehead atoms. The molecule has 0 aromatic heterocycles. The van der Waals surface area contributed by atoms with Crippen LogP contribution in [0.1, 0.15) is 58.8 Å².